The van der Waals surface area contributed by atoms with E-state index in [1.54, 1.807) is 11.3 Å². The van der Waals surface area contributed by atoms with Crippen molar-refractivity contribution in [1.82, 2.24) is 19.9 Å². The summed E-state index contributed by atoms with van der Waals surface area (Å²) in [6, 6.07) is 44.6. The summed E-state index contributed by atoms with van der Waals surface area (Å²) in [4.78, 5) is 22.9. The van der Waals surface area contributed by atoms with Gasteiger partial charge in [-0.3, -0.25) is 0 Å². The van der Waals surface area contributed by atoms with Gasteiger partial charge >= 0.3 is 0 Å². The highest BCUT2D eigenvalue weighted by atomic mass is 32.2. The van der Waals surface area contributed by atoms with Gasteiger partial charge in [0.15, 0.2) is 17.5 Å². The van der Waals surface area contributed by atoms with Gasteiger partial charge in [0, 0.05) is 59.2 Å². The molecule has 0 bridgehead atoms. The van der Waals surface area contributed by atoms with Crippen molar-refractivity contribution in [3.8, 4) is 34.0 Å². The minimum absolute atomic E-state index is 0.219. The highest BCUT2D eigenvalue weighted by molar-refractivity contribution is 8.00. The van der Waals surface area contributed by atoms with Crippen LogP contribution < -0.4 is 0 Å². The molecule has 0 N–H and O–H groups in total. The first-order chi connectivity index (χ1) is 23.8. The van der Waals surface area contributed by atoms with E-state index in [-0.39, 0.29) is 5.25 Å². The number of fused-ring (bicyclic) bond motifs is 8. The van der Waals surface area contributed by atoms with E-state index in [9.17, 15) is 0 Å². The van der Waals surface area contributed by atoms with Crippen molar-refractivity contribution in [2.24, 2.45) is 0 Å². The number of nitrogens with zero attached hydrogens (tertiary/aromatic N) is 4. The van der Waals surface area contributed by atoms with E-state index in [4.69, 9.17) is 19.9 Å². The van der Waals surface area contributed by atoms with Crippen molar-refractivity contribution in [2.75, 3.05) is 0 Å². The van der Waals surface area contributed by atoms with Crippen LogP contribution in [0.2, 0.25) is 0 Å². The molecule has 8 aromatic rings. The van der Waals surface area contributed by atoms with Crippen LogP contribution in [0.1, 0.15) is 17.3 Å². The summed E-state index contributed by atoms with van der Waals surface area (Å²) in [5.41, 5.74) is 6.47. The minimum Gasteiger partial charge on any atom is -0.236 e. The highest BCUT2D eigenvalue weighted by Gasteiger charge is 2.37. The Morgan fingerprint density at radius 3 is 2.00 bits per heavy atom. The second kappa shape index (κ2) is 11.1. The minimum atomic E-state index is 0.219. The third-order valence-corrected chi connectivity index (χ3v) is 11.8. The van der Waals surface area contributed by atoms with Gasteiger partial charge in [0.1, 0.15) is 4.83 Å². The molecule has 0 fully saturated rings. The fourth-order valence-electron chi connectivity index (χ4n) is 7.06. The molecule has 0 saturated heterocycles. The van der Waals surface area contributed by atoms with Gasteiger partial charge < -0.3 is 0 Å². The Kier molecular flexibility index (Phi) is 6.39. The number of benzene rings is 5. The third-order valence-electron chi connectivity index (χ3n) is 9.34. The predicted molar refractivity (Wildman–Crippen MR) is 200 cm³/mol. The normalized spacial score (nSPS) is 16.7. The first kappa shape index (κ1) is 27.7. The maximum absolute atomic E-state index is 5.25. The van der Waals surface area contributed by atoms with E-state index in [2.05, 4.69) is 127 Å². The molecule has 2 aliphatic rings. The Bertz CT molecular complexity index is 2600. The lowest BCUT2D eigenvalue weighted by atomic mass is 9.88. The Balaban J connectivity index is 1.08. The lowest BCUT2D eigenvalue weighted by Crippen LogP contribution is -2.16. The number of thioether (sulfide) groups is 1. The number of hydrogen-bond acceptors (Lipinski definition) is 6. The van der Waals surface area contributed by atoms with Gasteiger partial charge in [-0.05, 0) is 23.1 Å². The van der Waals surface area contributed by atoms with Crippen LogP contribution in [0, 0.1) is 0 Å². The largest absolute Gasteiger partial charge is 0.236 e. The van der Waals surface area contributed by atoms with Gasteiger partial charge in [0.2, 0.25) is 0 Å². The van der Waals surface area contributed by atoms with E-state index in [1.165, 1.54) is 31.3 Å². The van der Waals surface area contributed by atoms with Gasteiger partial charge in [-0.25, -0.2) is 19.9 Å². The van der Waals surface area contributed by atoms with E-state index in [0.717, 1.165) is 44.0 Å². The molecule has 6 heteroatoms. The molecular formula is C42H26N4S2. The van der Waals surface area contributed by atoms with E-state index >= 15 is 0 Å². The first-order valence-corrected chi connectivity index (χ1v) is 17.7. The number of thiophene rings is 1. The number of aromatic nitrogens is 4. The summed E-state index contributed by atoms with van der Waals surface area (Å²) in [6.45, 7) is 0. The zero-order chi connectivity index (χ0) is 31.6. The van der Waals surface area contributed by atoms with Gasteiger partial charge in [0.05, 0.1) is 5.69 Å². The SMILES string of the molecule is C1=CC2c3ccccc3SC2C(c2nc(-c3ccccc3)nc(-c3ccc(-c4nc5sc6ccccc6c5c5ccccc45)cc3)n2)=C1. The molecule has 2 atom stereocenters. The van der Waals surface area contributed by atoms with Crippen LogP contribution in [0.15, 0.2) is 151 Å². The molecule has 0 amide bonds. The Morgan fingerprint density at radius 1 is 0.521 bits per heavy atom. The molecule has 0 radical (unpaired) electrons. The Hall–Kier alpha value is -5.43. The third kappa shape index (κ3) is 4.44. The lowest BCUT2D eigenvalue weighted by molar-refractivity contribution is 0.878. The summed E-state index contributed by atoms with van der Waals surface area (Å²) >= 11 is 3.66. The molecule has 1 aliphatic heterocycles. The fourth-order valence-corrected chi connectivity index (χ4v) is 9.62. The summed E-state index contributed by atoms with van der Waals surface area (Å²) in [5, 5.41) is 5.09. The lowest BCUT2D eigenvalue weighted by Gasteiger charge is -2.22. The summed E-state index contributed by atoms with van der Waals surface area (Å²) in [5.74, 6) is 2.36. The van der Waals surface area contributed by atoms with Crippen molar-refractivity contribution in [3.63, 3.8) is 0 Å². The van der Waals surface area contributed by atoms with Crippen LogP contribution in [-0.2, 0) is 0 Å². The topological polar surface area (TPSA) is 51.6 Å². The molecule has 4 heterocycles. The number of rotatable bonds is 4. The van der Waals surface area contributed by atoms with Crippen LogP contribution in [0.5, 0.6) is 0 Å². The molecule has 2 unspecified atom stereocenters. The molecule has 226 valence electrons. The van der Waals surface area contributed by atoms with E-state index in [1.807, 2.05) is 30.0 Å². The molecule has 48 heavy (non-hydrogen) atoms. The molecule has 4 nitrogen and oxygen atoms in total. The highest BCUT2D eigenvalue weighted by Crippen LogP contribution is 2.52. The number of hydrogen-bond donors (Lipinski definition) is 0. The second-order valence-electron chi connectivity index (χ2n) is 12.1. The standard InChI is InChI=1S/C42H26N4S2/c1-2-11-26(12-3-1)39-44-40(46-41(45-39)33-18-10-17-31-28-13-6-8-19-34(28)47-38(31)33)27-23-21-25(22-24-27)37-30-15-5-4-14-29(30)36-32-16-7-9-20-35(32)48-42(36)43-37/h1-24,31,38H. The predicted octanol–water partition coefficient (Wildman–Crippen LogP) is 11.0. The zero-order valence-corrected chi connectivity index (χ0v) is 27.2. The molecule has 0 spiro atoms. The maximum atomic E-state index is 5.25. The molecular weight excluding hydrogens is 625 g/mol. The number of allylic oxidation sites excluding steroid dienone is 3. The van der Waals surface area contributed by atoms with Crippen molar-refractivity contribution in [3.05, 3.63) is 157 Å². The van der Waals surface area contributed by atoms with Crippen LogP contribution in [0.25, 0.3) is 70.7 Å². The van der Waals surface area contributed by atoms with Crippen LogP contribution >= 0.6 is 23.1 Å². The summed E-state index contributed by atoms with van der Waals surface area (Å²) in [7, 11) is 0. The van der Waals surface area contributed by atoms with E-state index in [0.29, 0.717) is 17.6 Å². The van der Waals surface area contributed by atoms with Gasteiger partial charge in [-0.2, -0.15) is 0 Å². The number of pyridine rings is 1. The van der Waals surface area contributed by atoms with E-state index < -0.39 is 0 Å². The van der Waals surface area contributed by atoms with Gasteiger partial charge in [-0.1, -0.05) is 133 Å². The monoisotopic (exact) mass is 650 g/mol. The Labute approximate surface area is 285 Å². The first-order valence-electron chi connectivity index (χ1n) is 16.1. The average molecular weight is 651 g/mol. The molecule has 0 saturated carbocycles. The maximum Gasteiger partial charge on any atom is 0.164 e. The summed E-state index contributed by atoms with van der Waals surface area (Å²) in [6.07, 6.45) is 6.64. The van der Waals surface area contributed by atoms with Gasteiger partial charge in [-0.15, -0.1) is 23.1 Å². The molecule has 5 aromatic carbocycles. The van der Waals surface area contributed by atoms with Crippen molar-refractivity contribution in [2.45, 2.75) is 16.1 Å². The fraction of sp³-hybridized carbons (Fsp3) is 0.0476. The smallest absolute Gasteiger partial charge is 0.164 e. The van der Waals surface area contributed by atoms with Gasteiger partial charge in [0.25, 0.3) is 0 Å². The molecule has 10 rings (SSSR count). The second-order valence-corrected chi connectivity index (χ2v) is 14.4. The van der Waals surface area contributed by atoms with Crippen molar-refractivity contribution in [1.29, 1.82) is 0 Å². The van der Waals surface area contributed by atoms with Crippen LogP contribution in [0.3, 0.4) is 0 Å². The zero-order valence-electron chi connectivity index (χ0n) is 25.6. The van der Waals surface area contributed by atoms with Crippen LogP contribution in [-0.4, -0.2) is 25.2 Å². The van der Waals surface area contributed by atoms with Crippen molar-refractivity contribution < 1.29 is 0 Å². The van der Waals surface area contributed by atoms with Crippen LogP contribution in [0.4, 0.5) is 0 Å². The summed E-state index contributed by atoms with van der Waals surface area (Å²) < 4.78 is 1.26. The Morgan fingerprint density at radius 2 is 1.17 bits per heavy atom. The molecule has 1 aliphatic carbocycles. The molecule has 3 aromatic heterocycles. The quantitative estimate of drug-likeness (QED) is 0.190. The average Bonchev–Trinajstić information content (AvgIpc) is 3.73. The van der Waals surface area contributed by atoms with Crippen molar-refractivity contribution >= 4 is 59.7 Å².